The molecule has 0 heteroatoms. The molecule has 0 radical (unpaired) electrons. The van der Waals surface area contributed by atoms with Crippen LogP contribution in [0.25, 0.3) is 0 Å². The number of hydrogen-bond acceptors (Lipinski definition) is 0. The average Bonchev–Trinajstić information content (AvgIpc) is 2.78. The molecular weight excluding hydrogens is 204 g/mol. The smallest absolute Gasteiger partial charge is 0.0256 e. The topological polar surface area (TPSA) is 0 Å². The molecule has 17 heavy (non-hydrogen) atoms. The second-order valence-corrected chi connectivity index (χ2v) is 8.01. The van der Waals surface area contributed by atoms with Gasteiger partial charge >= 0.3 is 0 Å². The van der Waals surface area contributed by atoms with Crippen LogP contribution in [0.1, 0.15) is 72.6 Å². The molecule has 0 amide bonds. The van der Waals surface area contributed by atoms with E-state index in [1.165, 1.54) is 32.1 Å². The minimum absolute atomic E-state index is 0.695. The van der Waals surface area contributed by atoms with Gasteiger partial charge in [-0.3, -0.25) is 0 Å². The van der Waals surface area contributed by atoms with E-state index in [1.807, 2.05) is 0 Å². The van der Waals surface area contributed by atoms with Crippen LogP contribution in [0, 0.1) is 34.5 Å². The summed E-state index contributed by atoms with van der Waals surface area (Å²) >= 11 is 0. The molecule has 0 nitrogen and oxygen atoms in total. The molecule has 0 spiro atoms. The number of hydrogen-bond donors (Lipinski definition) is 0. The van der Waals surface area contributed by atoms with Crippen molar-refractivity contribution in [3.63, 3.8) is 0 Å². The Kier molecular flexibility index (Phi) is 2.66. The van der Waals surface area contributed by atoms with Gasteiger partial charge in [0.05, 0.1) is 0 Å². The van der Waals surface area contributed by atoms with Crippen molar-refractivity contribution in [3.05, 3.63) is 0 Å². The molecule has 0 aliphatic heterocycles. The fourth-order valence-corrected chi connectivity index (χ4v) is 5.39. The van der Waals surface area contributed by atoms with Crippen molar-refractivity contribution < 1.29 is 0 Å². The Labute approximate surface area is 108 Å². The summed E-state index contributed by atoms with van der Waals surface area (Å²) in [5.41, 5.74) is 1.42. The highest BCUT2D eigenvalue weighted by atomic mass is 14.7. The SMILES string of the molecule is CCC1C(C2CCC2)C1(C)CC1(C)CCC1C. The summed E-state index contributed by atoms with van der Waals surface area (Å²) in [5, 5.41) is 0. The van der Waals surface area contributed by atoms with Crippen LogP contribution in [0.5, 0.6) is 0 Å². The predicted octanol–water partition coefficient (Wildman–Crippen LogP) is 5.28. The van der Waals surface area contributed by atoms with Gasteiger partial charge in [0.2, 0.25) is 0 Å². The van der Waals surface area contributed by atoms with Gasteiger partial charge in [0.25, 0.3) is 0 Å². The Morgan fingerprint density at radius 3 is 2.18 bits per heavy atom. The Morgan fingerprint density at radius 1 is 1.12 bits per heavy atom. The number of rotatable bonds is 4. The first-order chi connectivity index (χ1) is 8.01. The van der Waals surface area contributed by atoms with E-state index in [-0.39, 0.29) is 0 Å². The molecule has 3 aliphatic rings. The maximum Gasteiger partial charge on any atom is -0.0256 e. The Bertz CT molecular complexity index is 303. The third-order valence-corrected chi connectivity index (χ3v) is 7.15. The zero-order chi connectivity index (χ0) is 12.3. The largest absolute Gasteiger partial charge is 0.0651 e. The second kappa shape index (κ2) is 3.75. The molecule has 3 rings (SSSR count). The summed E-state index contributed by atoms with van der Waals surface area (Å²) in [6.07, 6.45) is 10.5. The molecule has 3 saturated carbocycles. The Morgan fingerprint density at radius 2 is 1.82 bits per heavy atom. The second-order valence-electron chi connectivity index (χ2n) is 8.01. The third-order valence-electron chi connectivity index (χ3n) is 7.15. The molecule has 0 aromatic carbocycles. The Balaban J connectivity index is 1.68. The highest BCUT2D eigenvalue weighted by molar-refractivity contribution is 5.13. The maximum atomic E-state index is 2.63. The fraction of sp³-hybridized carbons (Fsp3) is 1.00. The van der Waals surface area contributed by atoms with E-state index in [2.05, 4.69) is 27.7 Å². The Hall–Kier alpha value is 0. The lowest BCUT2D eigenvalue weighted by Gasteiger charge is -2.48. The molecule has 3 fully saturated rings. The van der Waals surface area contributed by atoms with Gasteiger partial charge < -0.3 is 0 Å². The van der Waals surface area contributed by atoms with E-state index in [1.54, 1.807) is 12.8 Å². The van der Waals surface area contributed by atoms with Gasteiger partial charge in [-0.1, -0.05) is 53.4 Å². The summed E-state index contributed by atoms with van der Waals surface area (Å²) < 4.78 is 0. The quantitative estimate of drug-likeness (QED) is 0.621. The van der Waals surface area contributed by atoms with Crippen LogP contribution in [0.3, 0.4) is 0 Å². The van der Waals surface area contributed by atoms with Gasteiger partial charge in [-0.25, -0.2) is 0 Å². The monoisotopic (exact) mass is 234 g/mol. The summed E-state index contributed by atoms with van der Waals surface area (Å²) in [6, 6.07) is 0. The molecule has 5 unspecified atom stereocenters. The van der Waals surface area contributed by atoms with Crippen LogP contribution in [0.15, 0.2) is 0 Å². The van der Waals surface area contributed by atoms with E-state index in [9.17, 15) is 0 Å². The lowest BCUT2D eigenvalue weighted by molar-refractivity contribution is 0.0245. The van der Waals surface area contributed by atoms with Crippen LogP contribution in [-0.4, -0.2) is 0 Å². The van der Waals surface area contributed by atoms with Gasteiger partial charge in [-0.05, 0) is 53.8 Å². The molecule has 5 atom stereocenters. The van der Waals surface area contributed by atoms with E-state index < -0.39 is 0 Å². The lowest BCUT2D eigenvalue weighted by Crippen LogP contribution is -2.38. The van der Waals surface area contributed by atoms with Crippen molar-refractivity contribution in [2.24, 2.45) is 34.5 Å². The van der Waals surface area contributed by atoms with E-state index in [4.69, 9.17) is 0 Å². The minimum Gasteiger partial charge on any atom is -0.0651 e. The highest BCUT2D eigenvalue weighted by Gasteiger charge is 2.65. The van der Waals surface area contributed by atoms with E-state index in [0.29, 0.717) is 5.41 Å². The van der Waals surface area contributed by atoms with Gasteiger partial charge in [-0.2, -0.15) is 0 Å². The van der Waals surface area contributed by atoms with Crippen molar-refractivity contribution in [2.75, 3.05) is 0 Å². The normalized spacial score (nSPS) is 54.0. The minimum atomic E-state index is 0.695. The van der Waals surface area contributed by atoms with Crippen LogP contribution < -0.4 is 0 Å². The maximum absolute atomic E-state index is 2.63. The standard InChI is InChI=1S/C17H30/c1-5-14-15(13-7-6-8-13)17(14,4)11-16(3)10-9-12(16)2/h12-15H,5-11H2,1-4H3. The van der Waals surface area contributed by atoms with Crippen LogP contribution in [0.4, 0.5) is 0 Å². The van der Waals surface area contributed by atoms with Crippen LogP contribution in [0.2, 0.25) is 0 Å². The molecule has 0 aromatic heterocycles. The van der Waals surface area contributed by atoms with Crippen molar-refractivity contribution in [3.8, 4) is 0 Å². The van der Waals surface area contributed by atoms with E-state index in [0.717, 1.165) is 29.1 Å². The van der Waals surface area contributed by atoms with Crippen molar-refractivity contribution in [1.29, 1.82) is 0 Å². The average molecular weight is 234 g/mol. The van der Waals surface area contributed by atoms with Crippen molar-refractivity contribution in [2.45, 2.75) is 72.6 Å². The predicted molar refractivity (Wildman–Crippen MR) is 73.8 cm³/mol. The van der Waals surface area contributed by atoms with Crippen molar-refractivity contribution >= 4 is 0 Å². The van der Waals surface area contributed by atoms with Gasteiger partial charge in [-0.15, -0.1) is 0 Å². The summed E-state index contributed by atoms with van der Waals surface area (Å²) in [4.78, 5) is 0. The highest BCUT2D eigenvalue weighted by Crippen LogP contribution is 2.72. The van der Waals surface area contributed by atoms with Gasteiger partial charge in [0.15, 0.2) is 0 Å². The fourth-order valence-electron chi connectivity index (χ4n) is 5.39. The third kappa shape index (κ3) is 1.62. The van der Waals surface area contributed by atoms with Gasteiger partial charge in [0, 0.05) is 0 Å². The van der Waals surface area contributed by atoms with Crippen LogP contribution >= 0.6 is 0 Å². The first-order valence-corrected chi connectivity index (χ1v) is 8.01. The first-order valence-electron chi connectivity index (χ1n) is 8.01. The molecule has 0 N–H and O–H groups in total. The summed E-state index contributed by atoms with van der Waals surface area (Å²) in [5.74, 6) is 4.27. The van der Waals surface area contributed by atoms with Crippen LogP contribution in [-0.2, 0) is 0 Å². The first kappa shape index (κ1) is 12.1. The molecular formula is C17H30. The summed E-state index contributed by atoms with van der Waals surface area (Å²) in [6.45, 7) is 10.1. The van der Waals surface area contributed by atoms with Gasteiger partial charge in [0.1, 0.15) is 0 Å². The molecule has 0 saturated heterocycles. The zero-order valence-electron chi connectivity index (χ0n) is 12.3. The molecule has 3 aliphatic carbocycles. The zero-order valence-corrected chi connectivity index (χ0v) is 12.3. The molecule has 98 valence electrons. The molecule has 0 aromatic rings. The van der Waals surface area contributed by atoms with Crippen molar-refractivity contribution in [1.82, 2.24) is 0 Å². The lowest BCUT2D eigenvalue weighted by atomic mass is 9.57. The van der Waals surface area contributed by atoms with E-state index >= 15 is 0 Å². The molecule has 0 heterocycles. The molecule has 0 bridgehead atoms. The summed E-state index contributed by atoms with van der Waals surface area (Å²) in [7, 11) is 0.